The molecule has 0 aliphatic carbocycles. The van der Waals surface area contributed by atoms with E-state index >= 15 is 0 Å². The molecule has 62 valence electrons. The first-order valence-electron chi connectivity index (χ1n) is 3.12. The SMILES string of the molecule is COC(=C(C#N)C#N)C(C#N)C#N. The molecule has 5 heteroatoms. The molecule has 0 N–H and O–H groups in total. The Labute approximate surface area is 75.3 Å². The molecule has 0 amide bonds. The number of nitriles is 4. The number of ether oxygens (including phenoxy) is 1. The smallest absolute Gasteiger partial charge is 0.192 e. The van der Waals surface area contributed by atoms with Gasteiger partial charge >= 0.3 is 0 Å². The summed E-state index contributed by atoms with van der Waals surface area (Å²) in [4.78, 5) is 0. The quantitative estimate of drug-likeness (QED) is 0.448. The second-order valence-corrected chi connectivity index (χ2v) is 1.86. The molecular weight excluding hydrogens is 168 g/mol. The van der Waals surface area contributed by atoms with Crippen LogP contribution in [0.25, 0.3) is 0 Å². The van der Waals surface area contributed by atoms with Gasteiger partial charge in [0, 0.05) is 0 Å². The fraction of sp³-hybridized carbons (Fsp3) is 0.250. The van der Waals surface area contributed by atoms with Gasteiger partial charge in [-0.2, -0.15) is 21.0 Å². The first-order chi connectivity index (χ1) is 6.24. The summed E-state index contributed by atoms with van der Waals surface area (Å²) in [6, 6.07) is 6.30. The molecule has 0 aliphatic heterocycles. The van der Waals surface area contributed by atoms with Crippen LogP contribution in [0.3, 0.4) is 0 Å². The predicted octanol–water partition coefficient (Wildman–Crippen LogP) is 0.597. The van der Waals surface area contributed by atoms with E-state index in [0.29, 0.717) is 0 Å². The normalized spacial score (nSPS) is 7.23. The Morgan fingerprint density at radius 1 is 1.08 bits per heavy atom. The van der Waals surface area contributed by atoms with Crippen LogP contribution in [0.2, 0.25) is 0 Å². The highest BCUT2D eigenvalue weighted by molar-refractivity contribution is 5.41. The maximum Gasteiger partial charge on any atom is 0.192 e. The number of hydrogen-bond acceptors (Lipinski definition) is 5. The van der Waals surface area contributed by atoms with Gasteiger partial charge in [-0.05, 0) is 0 Å². The van der Waals surface area contributed by atoms with E-state index in [-0.39, 0.29) is 11.3 Å². The summed E-state index contributed by atoms with van der Waals surface area (Å²) < 4.78 is 4.63. The van der Waals surface area contributed by atoms with Crippen LogP contribution in [0.15, 0.2) is 11.3 Å². The second kappa shape index (κ2) is 5.19. The van der Waals surface area contributed by atoms with Crippen LogP contribution in [0.4, 0.5) is 0 Å². The molecule has 0 unspecified atom stereocenters. The molecule has 0 aromatic carbocycles. The van der Waals surface area contributed by atoms with Crippen LogP contribution in [-0.4, -0.2) is 7.11 Å². The van der Waals surface area contributed by atoms with Gasteiger partial charge in [-0.15, -0.1) is 0 Å². The van der Waals surface area contributed by atoms with Gasteiger partial charge < -0.3 is 4.74 Å². The average molecular weight is 172 g/mol. The number of allylic oxidation sites excluding steroid dienone is 2. The lowest BCUT2D eigenvalue weighted by Crippen LogP contribution is -2.03. The van der Waals surface area contributed by atoms with Crippen molar-refractivity contribution in [1.29, 1.82) is 21.0 Å². The Bertz CT molecular complexity index is 352. The lowest BCUT2D eigenvalue weighted by atomic mass is 10.1. The maximum atomic E-state index is 8.46. The molecule has 0 aromatic heterocycles. The minimum atomic E-state index is -1.21. The van der Waals surface area contributed by atoms with Gasteiger partial charge in [0.15, 0.2) is 17.3 Å². The average Bonchev–Trinajstić information content (AvgIpc) is 2.18. The minimum Gasteiger partial charge on any atom is -0.496 e. The van der Waals surface area contributed by atoms with Crippen molar-refractivity contribution in [1.82, 2.24) is 0 Å². The topological polar surface area (TPSA) is 104 Å². The Kier molecular flexibility index (Phi) is 4.19. The number of nitrogens with zero attached hydrogens (tertiary/aromatic N) is 4. The Balaban J connectivity index is 5.30. The van der Waals surface area contributed by atoms with Crippen molar-refractivity contribution in [2.75, 3.05) is 7.11 Å². The Morgan fingerprint density at radius 3 is 1.77 bits per heavy atom. The van der Waals surface area contributed by atoms with Gasteiger partial charge in [-0.25, -0.2) is 0 Å². The van der Waals surface area contributed by atoms with Gasteiger partial charge in [-0.3, -0.25) is 0 Å². The highest BCUT2D eigenvalue weighted by Gasteiger charge is 2.18. The van der Waals surface area contributed by atoms with Crippen LogP contribution in [0.5, 0.6) is 0 Å². The Morgan fingerprint density at radius 2 is 1.54 bits per heavy atom. The lowest BCUT2D eigenvalue weighted by molar-refractivity contribution is 0.270. The summed E-state index contributed by atoms with van der Waals surface area (Å²) in [5.74, 6) is -1.41. The van der Waals surface area contributed by atoms with Crippen molar-refractivity contribution in [2.45, 2.75) is 0 Å². The zero-order valence-corrected chi connectivity index (χ0v) is 6.77. The zero-order valence-electron chi connectivity index (χ0n) is 6.77. The molecule has 0 rings (SSSR count). The van der Waals surface area contributed by atoms with Crippen LogP contribution in [0.1, 0.15) is 0 Å². The summed E-state index contributed by atoms with van der Waals surface area (Å²) in [7, 11) is 1.20. The highest BCUT2D eigenvalue weighted by atomic mass is 16.5. The fourth-order valence-electron chi connectivity index (χ4n) is 0.646. The summed E-state index contributed by atoms with van der Waals surface area (Å²) >= 11 is 0. The van der Waals surface area contributed by atoms with Crippen LogP contribution in [0, 0.1) is 51.2 Å². The monoisotopic (exact) mass is 172 g/mol. The standard InChI is InChI=1S/C8H4N4O/c1-13-8(6(2-9)3-10)7(4-11)5-12/h6H,1H3. The lowest BCUT2D eigenvalue weighted by Gasteiger charge is -2.04. The molecular formula is C8H4N4O. The van der Waals surface area contributed by atoms with Crippen LogP contribution >= 0.6 is 0 Å². The minimum absolute atomic E-state index is 0.199. The highest BCUT2D eigenvalue weighted by Crippen LogP contribution is 2.14. The van der Waals surface area contributed by atoms with E-state index in [9.17, 15) is 0 Å². The van der Waals surface area contributed by atoms with Crippen LogP contribution in [-0.2, 0) is 4.74 Å². The van der Waals surface area contributed by atoms with E-state index in [4.69, 9.17) is 21.0 Å². The third-order valence-corrected chi connectivity index (χ3v) is 1.21. The molecule has 0 fully saturated rings. The van der Waals surface area contributed by atoms with E-state index in [1.807, 2.05) is 0 Å². The molecule has 0 aliphatic rings. The maximum absolute atomic E-state index is 8.46. The third kappa shape index (κ3) is 2.22. The van der Waals surface area contributed by atoms with E-state index in [1.54, 1.807) is 24.3 Å². The van der Waals surface area contributed by atoms with Gasteiger partial charge in [0.1, 0.15) is 12.1 Å². The molecule has 0 saturated carbocycles. The van der Waals surface area contributed by atoms with Crippen LogP contribution < -0.4 is 0 Å². The molecule has 0 saturated heterocycles. The molecule has 0 spiro atoms. The van der Waals surface area contributed by atoms with E-state index in [0.717, 1.165) is 0 Å². The van der Waals surface area contributed by atoms with Gasteiger partial charge in [0.25, 0.3) is 0 Å². The van der Waals surface area contributed by atoms with Crippen molar-refractivity contribution in [3.05, 3.63) is 11.3 Å². The fourth-order valence-corrected chi connectivity index (χ4v) is 0.646. The number of methoxy groups -OCH3 is 1. The number of hydrogen-bond donors (Lipinski definition) is 0. The van der Waals surface area contributed by atoms with Crippen molar-refractivity contribution < 1.29 is 4.74 Å². The molecule has 0 atom stereocenters. The van der Waals surface area contributed by atoms with E-state index < -0.39 is 5.92 Å². The van der Waals surface area contributed by atoms with Crippen molar-refractivity contribution in [3.63, 3.8) is 0 Å². The molecule has 0 radical (unpaired) electrons. The summed E-state index contributed by atoms with van der Waals surface area (Å²) in [5, 5.41) is 33.8. The van der Waals surface area contributed by atoms with Crippen molar-refractivity contribution in [2.24, 2.45) is 5.92 Å². The van der Waals surface area contributed by atoms with Gasteiger partial charge in [0.2, 0.25) is 0 Å². The van der Waals surface area contributed by atoms with E-state index in [2.05, 4.69) is 4.74 Å². The summed E-state index contributed by atoms with van der Waals surface area (Å²) in [6.07, 6.45) is 0. The molecule has 0 aromatic rings. The predicted molar refractivity (Wildman–Crippen MR) is 40.0 cm³/mol. The number of rotatable bonds is 2. The zero-order chi connectivity index (χ0) is 10.3. The first kappa shape index (κ1) is 10.5. The van der Waals surface area contributed by atoms with Gasteiger partial charge in [0.05, 0.1) is 19.2 Å². The molecule has 5 nitrogen and oxygen atoms in total. The summed E-state index contributed by atoms with van der Waals surface area (Å²) in [5.41, 5.74) is -0.351. The molecule has 0 heterocycles. The molecule has 13 heavy (non-hydrogen) atoms. The summed E-state index contributed by atoms with van der Waals surface area (Å²) in [6.45, 7) is 0. The Hall–Kier alpha value is -2.50. The van der Waals surface area contributed by atoms with E-state index in [1.165, 1.54) is 7.11 Å². The van der Waals surface area contributed by atoms with Crippen molar-refractivity contribution >= 4 is 0 Å². The molecule has 0 bridgehead atoms. The third-order valence-electron chi connectivity index (χ3n) is 1.21. The largest absolute Gasteiger partial charge is 0.496 e. The van der Waals surface area contributed by atoms with Crippen molar-refractivity contribution in [3.8, 4) is 24.3 Å². The van der Waals surface area contributed by atoms with Gasteiger partial charge in [-0.1, -0.05) is 0 Å². The second-order valence-electron chi connectivity index (χ2n) is 1.86. The first-order valence-corrected chi connectivity index (χ1v) is 3.12.